The minimum atomic E-state index is -1.13. The number of allylic oxidation sites excluding steroid dienone is 1. The van der Waals surface area contributed by atoms with E-state index in [4.69, 9.17) is 5.11 Å². The maximum Gasteiger partial charge on any atom is 0.327 e. The molecule has 2 rings (SSSR count). The van der Waals surface area contributed by atoms with Crippen LogP contribution in [-0.4, -0.2) is 50.9 Å². The fraction of sp³-hybridized carbons (Fsp3) is 0.360. The van der Waals surface area contributed by atoms with Crippen molar-refractivity contribution in [3.8, 4) is 0 Å². The van der Waals surface area contributed by atoms with Crippen molar-refractivity contribution in [2.75, 3.05) is 11.9 Å². The Labute approximate surface area is 208 Å². The van der Waals surface area contributed by atoms with Crippen LogP contribution in [0, 0.1) is 5.92 Å². The van der Waals surface area contributed by atoms with Crippen LogP contribution >= 0.6 is 0 Å². The number of carbonyl (C=O) groups excluding carboxylic acids is 3. The lowest BCUT2D eigenvalue weighted by Gasteiger charge is -2.18. The molecule has 1 unspecified atom stereocenters. The first-order valence-electron chi connectivity index (χ1n) is 11.5. The molecule has 11 heteroatoms. The molecule has 2 heterocycles. The average molecular weight is 498 g/mol. The highest BCUT2D eigenvalue weighted by molar-refractivity contribution is 6.01. The van der Waals surface area contributed by atoms with Crippen molar-refractivity contribution >= 4 is 29.4 Å². The molecule has 36 heavy (non-hydrogen) atoms. The van der Waals surface area contributed by atoms with Crippen molar-refractivity contribution in [3.63, 3.8) is 0 Å². The van der Waals surface area contributed by atoms with Crippen molar-refractivity contribution in [1.82, 2.24) is 20.2 Å². The van der Waals surface area contributed by atoms with Crippen LogP contribution in [0.5, 0.6) is 0 Å². The van der Waals surface area contributed by atoms with Gasteiger partial charge in [0, 0.05) is 31.2 Å². The summed E-state index contributed by atoms with van der Waals surface area (Å²) in [6.07, 6.45) is 7.68. The summed E-state index contributed by atoms with van der Waals surface area (Å²) in [6, 6.07) is 4.97. The predicted octanol–water partition coefficient (Wildman–Crippen LogP) is 1.56. The second kappa shape index (κ2) is 14.2. The molecule has 0 aromatic carbocycles. The molecule has 0 saturated carbocycles. The summed E-state index contributed by atoms with van der Waals surface area (Å²) >= 11 is 0. The number of amides is 3. The molecule has 4 N–H and O–H groups in total. The highest BCUT2D eigenvalue weighted by atomic mass is 16.4. The van der Waals surface area contributed by atoms with Gasteiger partial charge in [-0.05, 0) is 49.4 Å². The third-order valence-electron chi connectivity index (χ3n) is 5.06. The third kappa shape index (κ3) is 9.53. The highest BCUT2D eigenvalue weighted by Crippen LogP contribution is 2.07. The van der Waals surface area contributed by atoms with Crippen LogP contribution in [0.4, 0.5) is 5.69 Å². The molecule has 0 aliphatic heterocycles. The van der Waals surface area contributed by atoms with E-state index in [1.807, 2.05) is 13.8 Å². The van der Waals surface area contributed by atoms with Crippen LogP contribution in [0.2, 0.25) is 0 Å². The second-order valence-corrected chi connectivity index (χ2v) is 8.46. The zero-order valence-corrected chi connectivity index (χ0v) is 20.3. The summed E-state index contributed by atoms with van der Waals surface area (Å²) < 4.78 is 1.18. The molecule has 1 atom stereocenters. The molecule has 0 fully saturated rings. The highest BCUT2D eigenvalue weighted by Gasteiger charge is 2.22. The van der Waals surface area contributed by atoms with Crippen LogP contribution in [0.1, 0.15) is 43.5 Å². The van der Waals surface area contributed by atoms with Crippen molar-refractivity contribution in [1.29, 1.82) is 0 Å². The van der Waals surface area contributed by atoms with Crippen molar-refractivity contribution in [2.24, 2.45) is 5.92 Å². The summed E-state index contributed by atoms with van der Waals surface area (Å²) in [7, 11) is 0. The molecule has 0 aliphatic carbocycles. The normalized spacial score (nSPS) is 11.8. The number of hydrogen-bond donors (Lipinski definition) is 4. The van der Waals surface area contributed by atoms with E-state index >= 15 is 0 Å². The van der Waals surface area contributed by atoms with Crippen LogP contribution in [0.25, 0.3) is 0 Å². The van der Waals surface area contributed by atoms with E-state index in [2.05, 4.69) is 20.9 Å². The summed E-state index contributed by atoms with van der Waals surface area (Å²) in [5.41, 5.74) is -0.394. The molecule has 0 saturated heterocycles. The Kier molecular flexibility index (Phi) is 11.0. The standard InChI is InChI=1S/C25H31N5O6/c1-17(2)11-13-27-21(31)16-30-14-6-9-20(25(30)36)29-24(35)19(8-3-4-10-22(32)33)28-23(34)18-7-5-12-26-15-18/h4-7,9-10,12,14-15,17,19H,3,8,11,13,16H2,1-2H3,(H,27,31)(H,28,34)(H,29,35)(H,32,33). The monoisotopic (exact) mass is 497 g/mol. The third-order valence-corrected chi connectivity index (χ3v) is 5.06. The molecule has 3 amide bonds. The molecule has 0 radical (unpaired) electrons. The van der Waals surface area contributed by atoms with Crippen molar-refractivity contribution in [2.45, 2.75) is 45.7 Å². The number of aliphatic carboxylic acids is 1. The van der Waals surface area contributed by atoms with Crippen molar-refractivity contribution < 1.29 is 24.3 Å². The zero-order chi connectivity index (χ0) is 26.5. The van der Waals surface area contributed by atoms with E-state index < -0.39 is 29.4 Å². The molecule has 0 bridgehead atoms. The van der Waals surface area contributed by atoms with E-state index in [0.717, 1.165) is 12.5 Å². The van der Waals surface area contributed by atoms with Gasteiger partial charge in [-0.3, -0.25) is 24.2 Å². The van der Waals surface area contributed by atoms with E-state index in [-0.39, 0.29) is 36.5 Å². The number of carboxylic acid groups (broad SMARTS) is 1. The van der Waals surface area contributed by atoms with Gasteiger partial charge in [-0.2, -0.15) is 0 Å². The SMILES string of the molecule is CC(C)CCNC(=O)Cn1cccc(NC(=O)C(CCC=CC(=O)O)NC(=O)c2cccnc2)c1=O. The average Bonchev–Trinajstić information content (AvgIpc) is 2.83. The number of carboxylic acids is 1. The fourth-order valence-electron chi connectivity index (χ4n) is 3.14. The first kappa shape index (κ1) is 28.0. The van der Waals surface area contributed by atoms with E-state index in [0.29, 0.717) is 12.5 Å². The number of pyridine rings is 2. The van der Waals surface area contributed by atoms with Gasteiger partial charge in [-0.25, -0.2) is 4.79 Å². The number of anilines is 1. The second-order valence-electron chi connectivity index (χ2n) is 8.46. The van der Waals surface area contributed by atoms with Gasteiger partial charge < -0.3 is 25.6 Å². The van der Waals surface area contributed by atoms with Crippen LogP contribution < -0.4 is 21.5 Å². The molecule has 0 aliphatic rings. The van der Waals surface area contributed by atoms with Crippen LogP contribution in [-0.2, 0) is 20.9 Å². The minimum Gasteiger partial charge on any atom is -0.478 e. The molecular formula is C25H31N5O6. The maximum atomic E-state index is 13.0. The van der Waals surface area contributed by atoms with Crippen LogP contribution in [0.15, 0.2) is 59.8 Å². The smallest absolute Gasteiger partial charge is 0.327 e. The van der Waals surface area contributed by atoms with Gasteiger partial charge >= 0.3 is 5.97 Å². The molecular weight excluding hydrogens is 466 g/mol. The van der Waals surface area contributed by atoms with Gasteiger partial charge in [-0.1, -0.05) is 19.9 Å². The Balaban J connectivity index is 2.12. The van der Waals surface area contributed by atoms with Gasteiger partial charge in [0.2, 0.25) is 11.8 Å². The summed E-state index contributed by atoms with van der Waals surface area (Å²) in [4.78, 5) is 65.1. The van der Waals surface area contributed by atoms with E-state index in [9.17, 15) is 24.0 Å². The fourth-order valence-corrected chi connectivity index (χ4v) is 3.14. The molecule has 2 aromatic rings. The number of nitrogens with one attached hydrogen (secondary N) is 3. The summed E-state index contributed by atoms with van der Waals surface area (Å²) in [6.45, 7) is 4.37. The lowest BCUT2D eigenvalue weighted by atomic mass is 10.1. The maximum absolute atomic E-state index is 13.0. The largest absolute Gasteiger partial charge is 0.478 e. The Morgan fingerprint density at radius 2 is 1.92 bits per heavy atom. The Morgan fingerprint density at radius 1 is 1.14 bits per heavy atom. The lowest BCUT2D eigenvalue weighted by Crippen LogP contribution is -2.44. The molecule has 2 aromatic heterocycles. The number of nitrogens with zero attached hydrogens (tertiary/aromatic N) is 2. The number of rotatable bonds is 13. The predicted molar refractivity (Wildman–Crippen MR) is 133 cm³/mol. The topological polar surface area (TPSA) is 159 Å². The van der Waals surface area contributed by atoms with Crippen molar-refractivity contribution in [3.05, 3.63) is 70.9 Å². The number of carbonyl (C=O) groups is 4. The van der Waals surface area contributed by atoms with E-state index in [1.165, 1.54) is 47.4 Å². The first-order valence-corrected chi connectivity index (χ1v) is 11.5. The number of hydrogen-bond acceptors (Lipinski definition) is 6. The molecule has 11 nitrogen and oxygen atoms in total. The molecule has 192 valence electrons. The molecule has 0 spiro atoms. The summed E-state index contributed by atoms with van der Waals surface area (Å²) in [5, 5.41) is 16.6. The van der Waals surface area contributed by atoms with Gasteiger partial charge in [0.25, 0.3) is 11.5 Å². The van der Waals surface area contributed by atoms with Crippen LogP contribution in [0.3, 0.4) is 0 Å². The van der Waals surface area contributed by atoms with Gasteiger partial charge in [0.05, 0.1) is 5.56 Å². The van der Waals surface area contributed by atoms with Gasteiger partial charge in [0.15, 0.2) is 0 Å². The zero-order valence-electron chi connectivity index (χ0n) is 20.3. The minimum absolute atomic E-state index is 0.0563. The Bertz CT molecular complexity index is 1140. The van der Waals surface area contributed by atoms with Gasteiger partial charge in [0.1, 0.15) is 18.3 Å². The first-order chi connectivity index (χ1) is 17.2. The Hall–Kier alpha value is -4.28. The van der Waals surface area contributed by atoms with E-state index in [1.54, 1.807) is 6.07 Å². The number of aromatic nitrogens is 2. The lowest BCUT2D eigenvalue weighted by molar-refractivity contribution is -0.131. The summed E-state index contributed by atoms with van der Waals surface area (Å²) in [5.74, 6) is -2.24. The van der Waals surface area contributed by atoms with Gasteiger partial charge in [-0.15, -0.1) is 0 Å². The quantitative estimate of drug-likeness (QED) is 0.306. The Morgan fingerprint density at radius 3 is 2.58 bits per heavy atom.